The molecule has 0 saturated heterocycles. The first-order valence-electron chi connectivity index (χ1n) is 5.39. The minimum Gasteiger partial charge on any atom is -0.382 e. The van der Waals surface area contributed by atoms with E-state index in [9.17, 15) is 0 Å². The molecular formula is C13H10BrN3S. The highest BCUT2D eigenvalue weighted by Crippen LogP contribution is 2.37. The van der Waals surface area contributed by atoms with Crippen LogP contribution in [0, 0.1) is 0 Å². The third-order valence-corrected chi connectivity index (χ3v) is 4.06. The highest BCUT2D eigenvalue weighted by Gasteiger charge is 2.15. The predicted molar refractivity (Wildman–Crippen MR) is 79.4 cm³/mol. The van der Waals surface area contributed by atoms with Crippen molar-refractivity contribution in [1.82, 2.24) is 10.2 Å². The van der Waals surface area contributed by atoms with Gasteiger partial charge in [-0.15, -0.1) is 11.3 Å². The van der Waals surface area contributed by atoms with E-state index in [0.717, 1.165) is 26.2 Å². The zero-order valence-electron chi connectivity index (χ0n) is 9.35. The Balaban J connectivity index is 2.20. The van der Waals surface area contributed by atoms with E-state index in [1.54, 1.807) is 11.3 Å². The van der Waals surface area contributed by atoms with Crippen LogP contribution in [0.15, 0.2) is 46.3 Å². The van der Waals surface area contributed by atoms with Crippen molar-refractivity contribution in [3.8, 4) is 21.7 Å². The molecule has 0 spiro atoms. The number of benzene rings is 1. The van der Waals surface area contributed by atoms with Crippen LogP contribution in [0.1, 0.15) is 0 Å². The van der Waals surface area contributed by atoms with Gasteiger partial charge in [-0.05, 0) is 23.6 Å². The van der Waals surface area contributed by atoms with E-state index < -0.39 is 0 Å². The molecule has 0 fully saturated rings. The Labute approximate surface area is 117 Å². The fourth-order valence-corrected chi connectivity index (χ4v) is 3.06. The molecule has 0 bridgehead atoms. The van der Waals surface area contributed by atoms with Crippen molar-refractivity contribution in [2.24, 2.45) is 0 Å². The first-order valence-corrected chi connectivity index (χ1v) is 7.06. The lowest BCUT2D eigenvalue weighted by atomic mass is 10.1. The van der Waals surface area contributed by atoms with Gasteiger partial charge >= 0.3 is 0 Å². The van der Waals surface area contributed by atoms with E-state index in [4.69, 9.17) is 5.73 Å². The average molecular weight is 320 g/mol. The number of halogens is 1. The lowest BCUT2D eigenvalue weighted by molar-refractivity contribution is 1.10. The van der Waals surface area contributed by atoms with Gasteiger partial charge < -0.3 is 5.73 Å². The number of nitrogens with zero attached hydrogens (tertiary/aromatic N) is 1. The van der Waals surface area contributed by atoms with Crippen LogP contribution in [0.25, 0.3) is 21.7 Å². The SMILES string of the molecule is Nc1n[nH]c(-c2cccc(Br)c2)c1-c1cccs1. The van der Waals surface area contributed by atoms with Crippen LogP contribution in [0.3, 0.4) is 0 Å². The van der Waals surface area contributed by atoms with Crippen LogP contribution in [-0.2, 0) is 0 Å². The second-order valence-electron chi connectivity index (χ2n) is 3.85. The van der Waals surface area contributed by atoms with Gasteiger partial charge in [-0.25, -0.2) is 0 Å². The molecular weight excluding hydrogens is 310 g/mol. The molecule has 3 N–H and O–H groups in total. The van der Waals surface area contributed by atoms with Crippen molar-refractivity contribution >= 4 is 33.1 Å². The van der Waals surface area contributed by atoms with Crippen LogP contribution >= 0.6 is 27.3 Å². The van der Waals surface area contributed by atoms with E-state index in [1.807, 2.05) is 41.8 Å². The topological polar surface area (TPSA) is 54.7 Å². The third kappa shape index (κ3) is 1.95. The maximum Gasteiger partial charge on any atom is 0.154 e. The van der Waals surface area contributed by atoms with Gasteiger partial charge in [0.2, 0.25) is 0 Å². The molecule has 3 aromatic rings. The summed E-state index contributed by atoms with van der Waals surface area (Å²) in [7, 11) is 0. The summed E-state index contributed by atoms with van der Waals surface area (Å²) in [4.78, 5) is 1.12. The number of nitrogens with one attached hydrogen (secondary N) is 1. The Morgan fingerprint density at radius 2 is 2.11 bits per heavy atom. The lowest BCUT2D eigenvalue weighted by Crippen LogP contribution is -1.86. The fourth-order valence-electron chi connectivity index (χ4n) is 1.88. The summed E-state index contributed by atoms with van der Waals surface area (Å²) >= 11 is 5.13. The van der Waals surface area contributed by atoms with Crippen molar-refractivity contribution in [3.63, 3.8) is 0 Å². The van der Waals surface area contributed by atoms with Crippen LogP contribution in [0.5, 0.6) is 0 Å². The van der Waals surface area contributed by atoms with Crippen molar-refractivity contribution < 1.29 is 0 Å². The lowest BCUT2D eigenvalue weighted by Gasteiger charge is -2.02. The number of H-pyrrole nitrogens is 1. The number of hydrogen-bond acceptors (Lipinski definition) is 3. The molecule has 5 heteroatoms. The summed E-state index contributed by atoms with van der Waals surface area (Å²) in [6.07, 6.45) is 0. The first-order chi connectivity index (χ1) is 8.75. The number of aromatic amines is 1. The molecule has 18 heavy (non-hydrogen) atoms. The Morgan fingerprint density at radius 1 is 1.22 bits per heavy atom. The molecule has 0 unspecified atom stereocenters. The van der Waals surface area contributed by atoms with E-state index in [-0.39, 0.29) is 0 Å². The number of thiophene rings is 1. The molecule has 2 aromatic heterocycles. The van der Waals surface area contributed by atoms with Crippen molar-refractivity contribution in [2.75, 3.05) is 5.73 Å². The van der Waals surface area contributed by atoms with Gasteiger partial charge in [0.25, 0.3) is 0 Å². The summed E-state index contributed by atoms with van der Waals surface area (Å²) in [6, 6.07) is 12.1. The standard InChI is InChI=1S/C13H10BrN3S/c14-9-4-1-3-8(7-9)12-11(13(15)17-16-12)10-5-2-6-18-10/h1-7H,(H3,15,16,17). The summed E-state index contributed by atoms with van der Waals surface area (Å²) in [5.41, 5.74) is 8.96. The van der Waals surface area contributed by atoms with E-state index in [2.05, 4.69) is 26.1 Å². The summed E-state index contributed by atoms with van der Waals surface area (Å²) in [5, 5.41) is 9.17. The Hall–Kier alpha value is -1.59. The predicted octanol–water partition coefficient (Wildman–Crippen LogP) is 4.15. The normalized spacial score (nSPS) is 10.7. The van der Waals surface area contributed by atoms with Gasteiger partial charge in [-0.2, -0.15) is 5.10 Å². The zero-order valence-corrected chi connectivity index (χ0v) is 11.8. The quantitative estimate of drug-likeness (QED) is 0.745. The zero-order chi connectivity index (χ0) is 12.5. The second-order valence-corrected chi connectivity index (χ2v) is 5.71. The Kier molecular flexibility index (Phi) is 2.93. The van der Waals surface area contributed by atoms with Crippen LogP contribution in [0.2, 0.25) is 0 Å². The average Bonchev–Trinajstić information content (AvgIpc) is 2.97. The molecule has 0 atom stereocenters. The monoisotopic (exact) mass is 319 g/mol. The van der Waals surface area contributed by atoms with Crippen LogP contribution in [0.4, 0.5) is 5.82 Å². The van der Waals surface area contributed by atoms with Gasteiger partial charge in [-0.1, -0.05) is 34.1 Å². The Morgan fingerprint density at radius 3 is 2.83 bits per heavy atom. The number of nitrogens with two attached hydrogens (primary N) is 1. The van der Waals surface area contributed by atoms with Crippen molar-refractivity contribution in [1.29, 1.82) is 0 Å². The molecule has 0 aliphatic heterocycles. The largest absolute Gasteiger partial charge is 0.382 e. The molecule has 0 aliphatic rings. The summed E-state index contributed by atoms with van der Waals surface area (Å²) in [6.45, 7) is 0. The minimum absolute atomic E-state index is 0.535. The second kappa shape index (κ2) is 4.59. The number of rotatable bonds is 2. The number of nitrogen functional groups attached to an aromatic ring is 1. The summed E-state index contributed by atoms with van der Waals surface area (Å²) in [5.74, 6) is 0.535. The van der Waals surface area contributed by atoms with E-state index in [1.165, 1.54) is 0 Å². The van der Waals surface area contributed by atoms with Gasteiger partial charge in [0.1, 0.15) is 0 Å². The third-order valence-electron chi connectivity index (χ3n) is 2.68. The van der Waals surface area contributed by atoms with E-state index >= 15 is 0 Å². The van der Waals surface area contributed by atoms with E-state index in [0.29, 0.717) is 5.82 Å². The Bertz CT molecular complexity index is 673. The van der Waals surface area contributed by atoms with Crippen LogP contribution in [-0.4, -0.2) is 10.2 Å². The molecule has 3 nitrogen and oxygen atoms in total. The van der Waals surface area contributed by atoms with Gasteiger partial charge in [0.15, 0.2) is 5.82 Å². The van der Waals surface area contributed by atoms with Crippen molar-refractivity contribution in [2.45, 2.75) is 0 Å². The fraction of sp³-hybridized carbons (Fsp3) is 0. The number of anilines is 1. The molecule has 0 saturated carbocycles. The van der Waals surface area contributed by atoms with Gasteiger partial charge in [-0.3, -0.25) is 5.10 Å². The highest BCUT2D eigenvalue weighted by atomic mass is 79.9. The maximum atomic E-state index is 5.96. The number of aromatic nitrogens is 2. The smallest absolute Gasteiger partial charge is 0.154 e. The minimum atomic E-state index is 0.535. The van der Waals surface area contributed by atoms with Gasteiger partial charge in [0.05, 0.1) is 11.3 Å². The van der Waals surface area contributed by atoms with Crippen molar-refractivity contribution in [3.05, 3.63) is 46.3 Å². The molecule has 90 valence electrons. The molecule has 1 aromatic carbocycles. The maximum absolute atomic E-state index is 5.96. The van der Waals surface area contributed by atoms with Gasteiger partial charge in [0, 0.05) is 14.9 Å². The first kappa shape index (κ1) is 11.5. The molecule has 0 amide bonds. The summed E-state index contributed by atoms with van der Waals surface area (Å²) < 4.78 is 1.03. The molecule has 3 rings (SSSR count). The highest BCUT2D eigenvalue weighted by molar-refractivity contribution is 9.10. The molecule has 0 radical (unpaired) electrons. The van der Waals surface area contributed by atoms with Crippen LogP contribution < -0.4 is 5.73 Å². The number of hydrogen-bond donors (Lipinski definition) is 2. The molecule has 0 aliphatic carbocycles. The molecule has 2 heterocycles.